The number of hydrazine groups is 1. The van der Waals surface area contributed by atoms with Crippen molar-refractivity contribution in [3.8, 4) is 11.5 Å². The van der Waals surface area contributed by atoms with E-state index >= 15 is 0 Å². The van der Waals surface area contributed by atoms with Crippen LogP contribution in [0.5, 0.6) is 11.5 Å². The average Bonchev–Trinajstić information content (AvgIpc) is 3.48. The fourth-order valence-corrected chi connectivity index (χ4v) is 3.02. The maximum atomic E-state index is 12.9. The van der Waals surface area contributed by atoms with Gasteiger partial charge in [0.05, 0.1) is 31.6 Å². The van der Waals surface area contributed by atoms with Gasteiger partial charge in [-0.05, 0) is 48.5 Å². The van der Waals surface area contributed by atoms with Crippen LogP contribution in [0.3, 0.4) is 0 Å². The minimum absolute atomic E-state index is 0.0926. The summed E-state index contributed by atoms with van der Waals surface area (Å²) in [6.45, 7) is 0. The summed E-state index contributed by atoms with van der Waals surface area (Å²) >= 11 is 0. The number of amides is 2. The van der Waals surface area contributed by atoms with E-state index in [1.165, 1.54) is 69.0 Å². The Morgan fingerprint density at radius 3 is 1.79 bits per heavy atom. The van der Waals surface area contributed by atoms with Crippen molar-refractivity contribution in [1.82, 2.24) is 10.9 Å². The molecule has 1 heterocycles. The van der Waals surface area contributed by atoms with Crippen molar-refractivity contribution in [3.63, 3.8) is 0 Å². The highest BCUT2D eigenvalue weighted by molar-refractivity contribution is 5.98. The molecule has 2 amide bonds. The summed E-state index contributed by atoms with van der Waals surface area (Å²) in [5.74, 6) is -5.90. The van der Waals surface area contributed by atoms with E-state index in [1.54, 1.807) is 12.1 Å². The van der Waals surface area contributed by atoms with Gasteiger partial charge in [-0.2, -0.15) is 0 Å². The number of carbonyl (C=O) groups excluding carboxylic acids is 4. The van der Waals surface area contributed by atoms with Gasteiger partial charge in [0.25, 0.3) is 5.91 Å². The van der Waals surface area contributed by atoms with E-state index in [4.69, 9.17) is 23.4 Å². The first-order valence-electron chi connectivity index (χ1n) is 10.8. The van der Waals surface area contributed by atoms with Crippen molar-refractivity contribution in [2.45, 2.75) is 12.2 Å². The van der Waals surface area contributed by atoms with Crippen molar-refractivity contribution in [2.24, 2.45) is 0 Å². The molecule has 38 heavy (non-hydrogen) atoms. The number of nitrogens with one attached hydrogen (secondary N) is 2. The number of aliphatic carboxylic acids is 1. The number of methoxy groups -OCH3 is 2. The number of esters is 2. The second-order valence-electron chi connectivity index (χ2n) is 7.37. The number of ether oxygens (including phenoxy) is 4. The molecule has 13 heteroatoms. The Morgan fingerprint density at radius 1 is 0.763 bits per heavy atom. The van der Waals surface area contributed by atoms with Gasteiger partial charge in [-0.15, -0.1) is 0 Å². The number of furan rings is 1. The Balaban J connectivity index is 1.87. The van der Waals surface area contributed by atoms with Gasteiger partial charge in [0.2, 0.25) is 12.2 Å². The van der Waals surface area contributed by atoms with Crippen LogP contribution in [0.25, 0.3) is 0 Å². The maximum absolute atomic E-state index is 12.9. The van der Waals surface area contributed by atoms with Gasteiger partial charge in [-0.3, -0.25) is 20.4 Å². The van der Waals surface area contributed by atoms with E-state index in [0.717, 1.165) is 0 Å². The van der Waals surface area contributed by atoms with Crippen molar-refractivity contribution >= 4 is 29.7 Å². The third-order valence-corrected chi connectivity index (χ3v) is 4.90. The number of benzene rings is 2. The fraction of sp³-hybridized carbons (Fsp3) is 0.160. The van der Waals surface area contributed by atoms with Crippen LogP contribution in [-0.2, 0) is 19.1 Å². The molecule has 0 aliphatic heterocycles. The molecular weight excluding hydrogens is 504 g/mol. The van der Waals surface area contributed by atoms with E-state index in [0.29, 0.717) is 0 Å². The monoisotopic (exact) mass is 526 g/mol. The number of carboxylic acid groups (broad SMARTS) is 1. The number of hydrogen-bond acceptors (Lipinski definition) is 10. The highest BCUT2D eigenvalue weighted by atomic mass is 16.6. The maximum Gasteiger partial charge on any atom is 0.349 e. The number of carbonyl (C=O) groups is 5. The summed E-state index contributed by atoms with van der Waals surface area (Å²) in [6, 6.07) is 14.0. The van der Waals surface area contributed by atoms with E-state index in [-0.39, 0.29) is 28.4 Å². The molecule has 198 valence electrons. The average molecular weight is 526 g/mol. The van der Waals surface area contributed by atoms with Crippen molar-refractivity contribution < 1.29 is 52.4 Å². The van der Waals surface area contributed by atoms with Crippen molar-refractivity contribution in [1.29, 1.82) is 0 Å². The molecule has 2 aromatic carbocycles. The highest BCUT2D eigenvalue weighted by Crippen LogP contribution is 2.18. The molecule has 0 saturated heterocycles. The van der Waals surface area contributed by atoms with E-state index in [2.05, 4.69) is 0 Å². The van der Waals surface area contributed by atoms with Gasteiger partial charge in [0.1, 0.15) is 11.5 Å². The molecule has 2 atom stereocenters. The Morgan fingerprint density at radius 2 is 1.32 bits per heavy atom. The standard InChI is InChI=1S/C25H22N2O11/c1-34-16-8-3-6-14(12-16)24(32)37-19(22(29)27-26-21(28)18-10-5-11-36-18)20(23(30)31)38-25(33)15-7-4-9-17(13-15)35-2/h3-13,19-20H,1-2H3,(H,26,28)(H,27,29)(H,30,31)/t19-,20+/m1/s1. The minimum Gasteiger partial charge on any atom is -0.497 e. The topological polar surface area (TPSA) is 180 Å². The predicted octanol–water partition coefficient (Wildman–Crippen LogP) is 1.59. The molecule has 0 aliphatic rings. The molecule has 0 bridgehead atoms. The lowest BCUT2D eigenvalue weighted by molar-refractivity contribution is -0.159. The lowest BCUT2D eigenvalue weighted by Gasteiger charge is -2.23. The summed E-state index contributed by atoms with van der Waals surface area (Å²) < 4.78 is 25.2. The summed E-state index contributed by atoms with van der Waals surface area (Å²) in [6.07, 6.45) is -3.34. The van der Waals surface area contributed by atoms with E-state index < -0.39 is 41.9 Å². The minimum atomic E-state index is -2.32. The Labute approximate surface area is 215 Å². The SMILES string of the molecule is COc1cccc(C(=O)O[C@H](C(=O)O)[C@@H](OC(=O)c2cccc(OC)c2)C(=O)NNC(=O)c2ccco2)c1. The quantitative estimate of drug-likeness (QED) is 0.258. The van der Waals surface area contributed by atoms with Gasteiger partial charge in [-0.25, -0.2) is 14.4 Å². The van der Waals surface area contributed by atoms with Crippen LogP contribution >= 0.6 is 0 Å². The van der Waals surface area contributed by atoms with Gasteiger partial charge in [0, 0.05) is 0 Å². The molecule has 3 N–H and O–H groups in total. The Hall–Kier alpha value is -5.33. The van der Waals surface area contributed by atoms with Gasteiger partial charge in [-0.1, -0.05) is 12.1 Å². The van der Waals surface area contributed by atoms with Crippen molar-refractivity contribution in [3.05, 3.63) is 83.8 Å². The van der Waals surface area contributed by atoms with Gasteiger partial charge < -0.3 is 28.5 Å². The van der Waals surface area contributed by atoms with Crippen LogP contribution in [0.2, 0.25) is 0 Å². The van der Waals surface area contributed by atoms with Crippen LogP contribution in [-0.4, -0.2) is 61.3 Å². The smallest absolute Gasteiger partial charge is 0.349 e. The molecule has 0 radical (unpaired) electrons. The molecule has 3 rings (SSSR count). The fourth-order valence-electron chi connectivity index (χ4n) is 3.02. The third kappa shape index (κ3) is 6.87. The normalized spacial score (nSPS) is 11.8. The first-order chi connectivity index (χ1) is 18.2. The molecular formula is C25H22N2O11. The zero-order valence-corrected chi connectivity index (χ0v) is 20.0. The number of hydrogen-bond donors (Lipinski definition) is 3. The third-order valence-electron chi connectivity index (χ3n) is 4.90. The summed E-state index contributed by atoms with van der Waals surface area (Å²) in [7, 11) is 2.72. The van der Waals surface area contributed by atoms with Crippen LogP contribution < -0.4 is 20.3 Å². The molecule has 1 aromatic heterocycles. The molecule has 13 nitrogen and oxygen atoms in total. The Bertz CT molecular complexity index is 1320. The first-order valence-corrected chi connectivity index (χ1v) is 10.8. The molecule has 0 saturated carbocycles. The molecule has 0 aliphatic carbocycles. The second-order valence-corrected chi connectivity index (χ2v) is 7.37. The van der Waals surface area contributed by atoms with Crippen molar-refractivity contribution in [2.75, 3.05) is 14.2 Å². The van der Waals surface area contributed by atoms with Crippen LogP contribution in [0.1, 0.15) is 31.3 Å². The van der Waals surface area contributed by atoms with Crippen LogP contribution in [0, 0.1) is 0 Å². The largest absolute Gasteiger partial charge is 0.497 e. The number of carboxylic acids is 1. The molecule has 3 aromatic rings. The zero-order valence-electron chi connectivity index (χ0n) is 20.0. The van der Waals surface area contributed by atoms with E-state index in [1.807, 2.05) is 10.9 Å². The highest BCUT2D eigenvalue weighted by Gasteiger charge is 2.41. The summed E-state index contributed by atoms with van der Waals surface area (Å²) in [4.78, 5) is 62.7. The Kier molecular flexibility index (Phi) is 9.02. The predicted molar refractivity (Wildman–Crippen MR) is 126 cm³/mol. The van der Waals surface area contributed by atoms with Gasteiger partial charge in [0.15, 0.2) is 5.76 Å². The molecule has 0 fully saturated rings. The lowest BCUT2D eigenvalue weighted by Crippen LogP contribution is -2.54. The number of rotatable bonds is 10. The van der Waals surface area contributed by atoms with E-state index in [9.17, 15) is 29.1 Å². The zero-order chi connectivity index (χ0) is 27.7. The first kappa shape index (κ1) is 27.3. The molecule has 0 spiro atoms. The van der Waals surface area contributed by atoms with Gasteiger partial charge >= 0.3 is 23.8 Å². The summed E-state index contributed by atoms with van der Waals surface area (Å²) in [5, 5.41) is 9.79. The molecule has 0 unspecified atom stereocenters. The summed E-state index contributed by atoms with van der Waals surface area (Å²) in [5.41, 5.74) is 3.75. The lowest BCUT2D eigenvalue weighted by atomic mass is 10.1. The van der Waals surface area contributed by atoms with Crippen LogP contribution in [0.15, 0.2) is 71.3 Å². The second kappa shape index (κ2) is 12.6. The van der Waals surface area contributed by atoms with Crippen LogP contribution in [0.4, 0.5) is 0 Å².